The van der Waals surface area contributed by atoms with Crippen LogP contribution in [0.2, 0.25) is 0 Å². The van der Waals surface area contributed by atoms with Gasteiger partial charge in [0.1, 0.15) is 5.76 Å². The molecule has 0 amide bonds. The molecular weight excluding hydrogens is 222 g/mol. The first-order valence-corrected chi connectivity index (χ1v) is 7.42. The van der Waals surface area contributed by atoms with Gasteiger partial charge in [-0.05, 0) is 42.7 Å². The lowest BCUT2D eigenvalue weighted by molar-refractivity contribution is 0.170. The molecule has 0 aliphatic heterocycles. The summed E-state index contributed by atoms with van der Waals surface area (Å²) in [6.45, 7) is 8.15. The van der Waals surface area contributed by atoms with Gasteiger partial charge in [0.05, 0.1) is 6.26 Å². The lowest BCUT2D eigenvalue weighted by atomic mass is 9.74. The molecule has 0 aromatic carbocycles. The first-order valence-electron chi connectivity index (χ1n) is 7.42. The van der Waals surface area contributed by atoms with Crippen LogP contribution in [-0.4, -0.2) is 12.6 Å². The monoisotopic (exact) mass is 249 g/mol. The molecule has 1 aliphatic rings. The van der Waals surface area contributed by atoms with Crippen LogP contribution in [0.5, 0.6) is 0 Å². The molecule has 1 heterocycles. The summed E-state index contributed by atoms with van der Waals surface area (Å²) in [7, 11) is 0. The number of hydrogen-bond donors (Lipinski definition) is 1. The van der Waals surface area contributed by atoms with Crippen molar-refractivity contribution in [3.8, 4) is 0 Å². The van der Waals surface area contributed by atoms with Crippen molar-refractivity contribution in [1.82, 2.24) is 5.32 Å². The van der Waals surface area contributed by atoms with Crippen LogP contribution < -0.4 is 5.32 Å². The molecule has 3 atom stereocenters. The van der Waals surface area contributed by atoms with E-state index in [4.69, 9.17) is 4.42 Å². The van der Waals surface area contributed by atoms with Gasteiger partial charge < -0.3 is 9.73 Å². The molecule has 18 heavy (non-hydrogen) atoms. The van der Waals surface area contributed by atoms with Gasteiger partial charge in [-0.3, -0.25) is 0 Å². The second kappa shape index (κ2) is 6.42. The van der Waals surface area contributed by atoms with Gasteiger partial charge in [-0.1, -0.05) is 27.2 Å². The Labute approximate surface area is 111 Å². The Morgan fingerprint density at radius 2 is 2.22 bits per heavy atom. The van der Waals surface area contributed by atoms with E-state index in [1.165, 1.54) is 19.3 Å². The zero-order valence-corrected chi connectivity index (χ0v) is 12.0. The maximum Gasteiger partial charge on any atom is 0.105 e. The Morgan fingerprint density at radius 1 is 1.39 bits per heavy atom. The third-order valence-electron chi connectivity index (χ3n) is 4.38. The lowest BCUT2D eigenvalue weighted by Crippen LogP contribution is -2.43. The fourth-order valence-corrected chi connectivity index (χ4v) is 3.27. The Balaban J connectivity index is 1.81. The average molecular weight is 249 g/mol. The van der Waals surface area contributed by atoms with Gasteiger partial charge in [0.15, 0.2) is 0 Å². The minimum absolute atomic E-state index is 0.698. The van der Waals surface area contributed by atoms with Crippen LogP contribution in [0.3, 0.4) is 0 Å². The quantitative estimate of drug-likeness (QED) is 0.857. The van der Waals surface area contributed by atoms with E-state index in [1.807, 2.05) is 6.07 Å². The highest BCUT2D eigenvalue weighted by Crippen LogP contribution is 2.33. The molecule has 2 heteroatoms. The van der Waals surface area contributed by atoms with Crippen molar-refractivity contribution < 1.29 is 4.42 Å². The van der Waals surface area contributed by atoms with E-state index in [-0.39, 0.29) is 0 Å². The van der Waals surface area contributed by atoms with E-state index in [2.05, 4.69) is 32.2 Å². The van der Waals surface area contributed by atoms with E-state index in [0.29, 0.717) is 6.04 Å². The summed E-state index contributed by atoms with van der Waals surface area (Å²) in [5, 5.41) is 3.76. The molecule has 102 valence electrons. The highest BCUT2D eigenvalue weighted by atomic mass is 16.3. The highest BCUT2D eigenvalue weighted by Gasteiger charge is 2.29. The molecule has 0 spiro atoms. The van der Waals surface area contributed by atoms with E-state index in [9.17, 15) is 0 Å². The van der Waals surface area contributed by atoms with Crippen LogP contribution in [0, 0.1) is 17.8 Å². The molecule has 1 aromatic rings. The van der Waals surface area contributed by atoms with Gasteiger partial charge in [0.25, 0.3) is 0 Å². The Morgan fingerprint density at radius 3 is 2.89 bits per heavy atom. The molecule has 0 bridgehead atoms. The standard InChI is InChI=1S/C16H27NO/c1-12(2)15-7-6-13(3)11-16(15)17-9-8-14-5-4-10-18-14/h4-5,10,12-13,15-17H,6-9,11H2,1-3H3. The van der Waals surface area contributed by atoms with Crippen molar-refractivity contribution >= 4 is 0 Å². The number of furan rings is 1. The summed E-state index contributed by atoms with van der Waals surface area (Å²) in [5.41, 5.74) is 0. The van der Waals surface area contributed by atoms with Gasteiger partial charge in [-0.25, -0.2) is 0 Å². The van der Waals surface area contributed by atoms with E-state index in [0.717, 1.165) is 36.5 Å². The lowest BCUT2D eigenvalue weighted by Gasteiger charge is -2.38. The van der Waals surface area contributed by atoms with Crippen molar-refractivity contribution in [3.63, 3.8) is 0 Å². The van der Waals surface area contributed by atoms with Crippen LogP contribution in [0.4, 0.5) is 0 Å². The number of hydrogen-bond acceptors (Lipinski definition) is 2. The smallest absolute Gasteiger partial charge is 0.105 e. The van der Waals surface area contributed by atoms with Gasteiger partial charge in [-0.15, -0.1) is 0 Å². The summed E-state index contributed by atoms with van der Waals surface area (Å²) >= 11 is 0. The SMILES string of the molecule is CC1CCC(C(C)C)C(NCCc2ccco2)C1. The Hall–Kier alpha value is -0.760. The molecule has 1 aliphatic carbocycles. The summed E-state index contributed by atoms with van der Waals surface area (Å²) in [5.74, 6) is 3.60. The van der Waals surface area contributed by atoms with Crippen LogP contribution in [-0.2, 0) is 6.42 Å². The molecule has 0 radical (unpaired) electrons. The number of rotatable bonds is 5. The first-order chi connectivity index (χ1) is 8.66. The molecule has 2 rings (SSSR count). The largest absolute Gasteiger partial charge is 0.469 e. The Kier molecular flexibility index (Phi) is 4.87. The predicted molar refractivity (Wildman–Crippen MR) is 75.5 cm³/mol. The fraction of sp³-hybridized carbons (Fsp3) is 0.750. The molecule has 2 nitrogen and oxygen atoms in total. The van der Waals surface area contributed by atoms with E-state index in [1.54, 1.807) is 6.26 Å². The van der Waals surface area contributed by atoms with Crippen molar-refractivity contribution in [2.24, 2.45) is 17.8 Å². The number of nitrogens with one attached hydrogen (secondary N) is 1. The van der Waals surface area contributed by atoms with Gasteiger partial charge in [0.2, 0.25) is 0 Å². The van der Waals surface area contributed by atoms with Crippen molar-refractivity contribution in [2.75, 3.05) is 6.54 Å². The predicted octanol–water partition coefficient (Wildman–Crippen LogP) is 3.87. The summed E-state index contributed by atoms with van der Waals surface area (Å²) in [6, 6.07) is 4.73. The van der Waals surface area contributed by atoms with Gasteiger partial charge in [-0.2, -0.15) is 0 Å². The van der Waals surface area contributed by atoms with Crippen LogP contribution in [0.15, 0.2) is 22.8 Å². The molecular formula is C16H27NO. The van der Waals surface area contributed by atoms with Crippen LogP contribution in [0.25, 0.3) is 0 Å². The summed E-state index contributed by atoms with van der Waals surface area (Å²) in [6.07, 6.45) is 6.88. The molecule has 1 fully saturated rings. The van der Waals surface area contributed by atoms with Crippen molar-refractivity contribution in [2.45, 2.75) is 52.5 Å². The molecule has 1 N–H and O–H groups in total. The minimum atomic E-state index is 0.698. The zero-order valence-electron chi connectivity index (χ0n) is 12.0. The second-order valence-electron chi connectivity index (χ2n) is 6.22. The zero-order chi connectivity index (χ0) is 13.0. The van der Waals surface area contributed by atoms with Gasteiger partial charge in [0, 0.05) is 19.0 Å². The van der Waals surface area contributed by atoms with Gasteiger partial charge >= 0.3 is 0 Å². The van der Waals surface area contributed by atoms with Crippen molar-refractivity contribution in [1.29, 1.82) is 0 Å². The average Bonchev–Trinajstić information content (AvgIpc) is 2.82. The first kappa shape index (κ1) is 13.7. The maximum absolute atomic E-state index is 5.38. The minimum Gasteiger partial charge on any atom is -0.469 e. The van der Waals surface area contributed by atoms with E-state index >= 15 is 0 Å². The second-order valence-corrected chi connectivity index (χ2v) is 6.22. The normalized spacial score (nSPS) is 28.8. The molecule has 1 aromatic heterocycles. The maximum atomic E-state index is 5.38. The third kappa shape index (κ3) is 3.61. The molecule has 1 saturated carbocycles. The fourth-order valence-electron chi connectivity index (χ4n) is 3.27. The van der Waals surface area contributed by atoms with E-state index < -0.39 is 0 Å². The molecule has 3 unspecified atom stereocenters. The highest BCUT2D eigenvalue weighted by molar-refractivity contribution is 4.98. The van der Waals surface area contributed by atoms with Crippen LogP contribution >= 0.6 is 0 Å². The third-order valence-corrected chi connectivity index (χ3v) is 4.38. The topological polar surface area (TPSA) is 25.2 Å². The summed E-state index contributed by atoms with van der Waals surface area (Å²) in [4.78, 5) is 0. The van der Waals surface area contributed by atoms with Crippen LogP contribution in [0.1, 0.15) is 45.8 Å². The van der Waals surface area contributed by atoms with Crippen molar-refractivity contribution in [3.05, 3.63) is 24.2 Å². The Bertz CT molecular complexity index is 331. The summed E-state index contributed by atoms with van der Waals surface area (Å²) < 4.78 is 5.38. The molecule has 0 saturated heterocycles.